The molecule has 0 amide bonds. The van der Waals surface area contributed by atoms with E-state index in [0.29, 0.717) is 29.3 Å². The van der Waals surface area contributed by atoms with Crippen molar-refractivity contribution in [3.63, 3.8) is 0 Å². The second kappa shape index (κ2) is 5.36. The molecule has 0 aliphatic carbocycles. The molecule has 2 N–H and O–H groups in total. The Bertz CT molecular complexity index is 782. The minimum atomic E-state index is -0.661. The number of nitrogens with one attached hydrogen (secondary N) is 1. The summed E-state index contributed by atoms with van der Waals surface area (Å²) in [6.07, 6.45) is 0. The topological polar surface area (TPSA) is 54.6 Å². The molecule has 3 aromatic rings. The Morgan fingerprint density at radius 2 is 2.10 bits per heavy atom. The fraction of sp³-hybridized carbons (Fsp3) is 0.125. The predicted octanol–water partition coefficient (Wildman–Crippen LogP) is 3.90. The minimum Gasteiger partial charge on any atom is -0.505 e. The van der Waals surface area contributed by atoms with Crippen LogP contribution < -0.4 is 10.1 Å². The Labute approximate surface area is 120 Å². The van der Waals surface area contributed by atoms with Gasteiger partial charge in [-0.2, -0.15) is 0 Å². The third-order valence-corrected chi connectivity index (χ3v) is 3.19. The number of halogens is 1. The lowest BCUT2D eigenvalue weighted by atomic mass is 10.2. The first-order valence-corrected chi connectivity index (χ1v) is 6.45. The van der Waals surface area contributed by atoms with Crippen LogP contribution in [-0.2, 0) is 6.54 Å². The maximum absolute atomic E-state index is 13.2. The van der Waals surface area contributed by atoms with Gasteiger partial charge in [0.2, 0.25) is 0 Å². The summed E-state index contributed by atoms with van der Waals surface area (Å²) in [4.78, 5) is 0. The number of anilines is 1. The van der Waals surface area contributed by atoms with Crippen LogP contribution in [0.2, 0.25) is 0 Å². The molecule has 0 aliphatic rings. The third-order valence-electron chi connectivity index (χ3n) is 3.19. The molecular formula is C16H14FNO3. The van der Waals surface area contributed by atoms with Crippen LogP contribution in [0.1, 0.15) is 5.76 Å². The van der Waals surface area contributed by atoms with Gasteiger partial charge >= 0.3 is 0 Å². The van der Waals surface area contributed by atoms with Gasteiger partial charge in [0.05, 0.1) is 13.7 Å². The van der Waals surface area contributed by atoms with Gasteiger partial charge in [-0.15, -0.1) is 0 Å². The molecule has 2 aromatic carbocycles. The number of para-hydroxylation sites is 1. The van der Waals surface area contributed by atoms with Gasteiger partial charge in [0, 0.05) is 17.1 Å². The van der Waals surface area contributed by atoms with Gasteiger partial charge in [-0.1, -0.05) is 12.1 Å². The van der Waals surface area contributed by atoms with Crippen molar-refractivity contribution < 1.29 is 18.7 Å². The number of phenolic OH excluding ortho intramolecular Hbond substituents is 1. The number of fused-ring (bicyclic) bond motifs is 1. The monoisotopic (exact) mass is 287 g/mol. The molecule has 1 aromatic heterocycles. The van der Waals surface area contributed by atoms with E-state index in [9.17, 15) is 4.39 Å². The molecule has 0 fully saturated rings. The standard InChI is InChI=1S/C16H14FNO3/c1-20-15-4-2-3-10-7-12(21-16(10)15)9-18-11-5-6-14(19)13(17)8-11/h2-8,18-19H,9H2,1H3. The number of hydrogen-bond donors (Lipinski definition) is 2. The summed E-state index contributed by atoms with van der Waals surface area (Å²) in [5, 5.41) is 13.1. The van der Waals surface area contributed by atoms with Crippen LogP contribution in [0.5, 0.6) is 11.5 Å². The van der Waals surface area contributed by atoms with Gasteiger partial charge in [0.1, 0.15) is 5.76 Å². The van der Waals surface area contributed by atoms with Gasteiger partial charge in [-0.25, -0.2) is 4.39 Å². The number of furan rings is 1. The molecule has 1 heterocycles. The molecule has 108 valence electrons. The summed E-state index contributed by atoms with van der Waals surface area (Å²) >= 11 is 0. The number of hydrogen-bond acceptors (Lipinski definition) is 4. The Morgan fingerprint density at radius 1 is 1.24 bits per heavy atom. The van der Waals surface area contributed by atoms with Crippen molar-refractivity contribution in [2.75, 3.05) is 12.4 Å². The quantitative estimate of drug-likeness (QED) is 0.715. The van der Waals surface area contributed by atoms with Crippen LogP contribution in [0.25, 0.3) is 11.0 Å². The predicted molar refractivity (Wildman–Crippen MR) is 78.2 cm³/mol. The molecule has 21 heavy (non-hydrogen) atoms. The summed E-state index contributed by atoms with van der Waals surface area (Å²) in [6.45, 7) is 0.405. The number of aromatic hydroxyl groups is 1. The average molecular weight is 287 g/mol. The Hall–Kier alpha value is -2.69. The average Bonchev–Trinajstić information content (AvgIpc) is 2.91. The molecule has 0 spiro atoms. The molecule has 0 bridgehead atoms. The van der Waals surface area contributed by atoms with Crippen molar-refractivity contribution in [3.8, 4) is 11.5 Å². The first-order valence-electron chi connectivity index (χ1n) is 6.45. The van der Waals surface area contributed by atoms with Gasteiger partial charge in [0.25, 0.3) is 0 Å². The Kier molecular flexibility index (Phi) is 3.39. The van der Waals surface area contributed by atoms with E-state index in [0.717, 1.165) is 5.39 Å². The summed E-state index contributed by atoms with van der Waals surface area (Å²) in [5.41, 5.74) is 1.26. The van der Waals surface area contributed by atoms with E-state index < -0.39 is 5.82 Å². The lowest BCUT2D eigenvalue weighted by molar-refractivity contribution is 0.408. The highest BCUT2D eigenvalue weighted by Gasteiger charge is 2.08. The molecule has 0 unspecified atom stereocenters. The summed E-state index contributed by atoms with van der Waals surface area (Å²) < 4.78 is 24.2. The van der Waals surface area contributed by atoms with Crippen LogP contribution in [0.15, 0.2) is 46.9 Å². The van der Waals surface area contributed by atoms with Gasteiger partial charge in [-0.05, 0) is 24.3 Å². The number of benzene rings is 2. The van der Waals surface area contributed by atoms with Gasteiger partial charge in [-0.3, -0.25) is 0 Å². The van der Waals surface area contributed by atoms with E-state index in [4.69, 9.17) is 14.3 Å². The Morgan fingerprint density at radius 3 is 2.86 bits per heavy atom. The van der Waals surface area contributed by atoms with E-state index >= 15 is 0 Å². The molecule has 3 rings (SSSR count). The van der Waals surface area contributed by atoms with E-state index in [2.05, 4.69) is 5.32 Å². The zero-order valence-electron chi connectivity index (χ0n) is 11.4. The number of ether oxygens (including phenoxy) is 1. The normalized spacial score (nSPS) is 10.8. The summed E-state index contributed by atoms with van der Waals surface area (Å²) in [5.74, 6) is 0.359. The number of rotatable bonds is 4. The zero-order valence-corrected chi connectivity index (χ0v) is 11.4. The third kappa shape index (κ3) is 2.63. The van der Waals surface area contributed by atoms with Crippen molar-refractivity contribution in [2.45, 2.75) is 6.54 Å². The zero-order chi connectivity index (χ0) is 14.8. The maximum atomic E-state index is 13.2. The van der Waals surface area contributed by atoms with Crippen LogP contribution >= 0.6 is 0 Å². The molecule has 0 aliphatic heterocycles. The molecule has 0 saturated heterocycles. The van der Waals surface area contributed by atoms with E-state index in [1.807, 2.05) is 24.3 Å². The van der Waals surface area contributed by atoms with Crippen molar-refractivity contribution in [1.82, 2.24) is 0 Å². The molecule has 4 nitrogen and oxygen atoms in total. The molecular weight excluding hydrogens is 273 g/mol. The molecule has 5 heteroatoms. The van der Waals surface area contributed by atoms with Crippen molar-refractivity contribution in [3.05, 3.63) is 54.0 Å². The van der Waals surface area contributed by atoms with Crippen LogP contribution in [-0.4, -0.2) is 12.2 Å². The smallest absolute Gasteiger partial charge is 0.176 e. The fourth-order valence-corrected chi connectivity index (χ4v) is 2.14. The lowest BCUT2D eigenvalue weighted by Crippen LogP contribution is -1.98. The molecule has 0 atom stereocenters. The highest BCUT2D eigenvalue weighted by molar-refractivity contribution is 5.83. The second-order valence-electron chi connectivity index (χ2n) is 4.61. The van der Waals surface area contributed by atoms with Crippen molar-refractivity contribution in [1.29, 1.82) is 0 Å². The highest BCUT2D eigenvalue weighted by atomic mass is 19.1. The molecule has 0 radical (unpaired) electrons. The van der Waals surface area contributed by atoms with Crippen LogP contribution in [0.4, 0.5) is 10.1 Å². The van der Waals surface area contributed by atoms with Gasteiger partial charge in [0.15, 0.2) is 22.9 Å². The van der Waals surface area contributed by atoms with Crippen LogP contribution in [0, 0.1) is 5.82 Å². The first kappa shape index (κ1) is 13.3. The van der Waals surface area contributed by atoms with E-state index in [1.165, 1.54) is 12.1 Å². The first-order chi connectivity index (χ1) is 10.2. The second-order valence-corrected chi connectivity index (χ2v) is 4.61. The molecule has 0 saturated carbocycles. The number of methoxy groups -OCH3 is 1. The Balaban J connectivity index is 1.80. The van der Waals surface area contributed by atoms with Gasteiger partial charge < -0.3 is 19.6 Å². The maximum Gasteiger partial charge on any atom is 0.176 e. The highest BCUT2D eigenvalue weighted by Crippen LogP contribution is 2.29. The largest absolute Gasteiger partial charge is 0.505 e. The summed E-state index contributed by atoms with van der Waals surface area (Å²) in [7, 11) is 1.59. The minimum absolute atomic E-state index is 0.367. The number of phenols is 1. The van der Waals surface area contributed by atoms with E-state index in [1.54, 1.807) is 13.2 Å². The summed E-state index contributed by atoms with van der Waals surface area (Å²) in [6, 6.07) is 11.7. The van der Waals surface area contributed by atoms with E-state index in [-0.39, 0.29) is 5.75 Å². The fourth-order valence-electron chi connectivity index (χ4n) is 2.14. The lowest BCUT2D eigenvalue weighted by Gasteiger charge is -2.05. The van der Waals surface area contributed by atoms with Crippen molar-refractivity contribution in [2.24, 2.45) is 0 Å². The van der Waals surface area contributed by atoms with Crippen molar-refractivity contribution >= 4 is 16.7 Å². The van der Waals surface area contributed by atoms with Crippen LogP contribution in [0.3, 0.4) is 0 Å². The SMILES string of the molecule is COc1cccc2cc(CNc3ccc(O)c(F)c3)oc12.